The Labute approximate surface area is 163 Å². The molecule has 3 rings (SSSR count). The van der Waals surface area contributed by atoms with Gasteiger partial charge in [0.05, 0.1) is 4.90 Å². The van der Waals surface area contributed by atoms with E-state index in [-0.39, 0.29) is 22.4 Å². The molecule has 2 aromatic carbocycles. The standard InChI is InChI=1S/C20H20N2O3S2/c1-15(2)16-8-10-17(11-9-16)19(23)14-22(20-21-12-13-26-20)27(24,25)18-6-4-3-5-7-18/h3-13,15H,14H2,1-2H3. The van der Waals surface area contributed by atoms with E-state index >= 15 is 0 Å². The van der Waals surface area contributed by atoms with Crippen molar-refractivity contribution in [3.05, 3.63) is 77.3 Å². The molecule has 5 nitrogen and oxygen atoms in total. The fourth-order valence-electron chi connectivity index (χ4n) is 2.59. The minimum Gasteiger partial charge on any atom is -0.292 e. The van der Waals surface area contributed by atoms with Crippen molar-refractivity contribution in [1.29, 1.82) is 0 Å². The molecule has 7 heteroatoms. The number of anilines is 1. The van der Waals surface area contributed by atoms with Crippen LogP contribution in [0.2, 0.25) is 0 Å². The molecule has 0 amide bonds. The molecule has 140 valence electrons. The van der Waals surface area contributed by atoms with E-state index in [1.54, 1.807) is 35.7 Å². The monoisotopic (exact) mass is 400 g/mol. The van der Waals surface area contributed by atoms with Crippen LogP contribution in [0.15, 0.2) is 71.1 Å². The fraction of sp³-hybridized carbons (Fsp3) is 0.200. The van der Waals surface area contributed by atoms with Crippen LogP contribution in [-0.2, 0) is 10.0 Å². The first kappa shape index (κ1) is 19.3. The summed E-state index contributed by atoms with van der Waals surface area (Å²) in [5, 5.41) is 1.95. The number of nitrogens with zero attached hydrogens (tertiary/aromatic N) is 2. The summed E-state index contributed by atoms with van der Waals surface area (Å²) in [4.78, 5) is 17.0. The van der Waals surface area contributed by atoms with Crippen LogP contribution in [0.25, 0.3) is 0 Å². The molecule has 0 aliphatic heterocycles. The van der Waals surface area contributed by atoms with Gasteiger partial charge in [-0.05, 0) is 23.6 Å². The SMILES string of the molecule is CC(C)c1ccc(C(=O)CN(c2nccs2)S(=O)(=O)c2ccccc2)cc1. The molecule has 0 N–H and O–H groups in total. The van der Waals surface area contributed by atoms with Gasteiger partial charge in [0.1, 0.15) is 6.54 Å². The first-order chi connectivity index (χ1) is 12.9. The second kappa shape index (κ2) is 8.02. The predicted octanol–water partition coefficient (Wildman–Crippen LogP) is 4.34. The summed E-state index contributed by atoms with van der Waals surface area (Å²) in [6, 6.07) is 15.4. The van der Waals surface area contributed by atoms with Gasteiger partial charge in [-0.3, -0.25) is 4.79 Å². The first-order valence-corrected chi connectivity index (χ1v) is 10.8. The van der Waals surface area contributed by atoms with E-state index in [1.807, 2.05) is 12.1 Å². The van der Waals surface area contributed by atoms with E-state index in [2.05, 4.69) is 18.8 Å². The Hall–Kier alpha value is -2.51. The molecule has 0 fully saturated rings. The molecule has 3 aromatic rings. The van der Waals surface area contributed by atoms with Gasteiger partial charge in [0.25, 0.3) is 10.0 Å². The van der Waals surface area contributed by atoms with Gasteiger partial charge < -0.3 is 0 Å². The molecule has 0 bridgehead atoms. The summed E-state index contributed by atoms with van der Waals surface area (Å²) in [6.45, 7) is 3.85. The van der Waals surface area contributed by atoms with Gasteiger partial charge in [-0.25, -0.2) is 17.7 Å². The van der Waals surface area contributed by atoms with Crippen LogP contribution >= 0.6 is 11.3 Å². The average molecular weight is 401 g/mol. The molecule has 0 atom stereocenters. The van der Waals surface area contributed by atoms with Gasteiger partial charge in [0.15, 0.2) is 10.9 Å². The van der Waals surface area contributed by atoms with Crippen LogP contribution in [0.4, 0.5) is 5.13 Å². The molecular weight excluding hydrogens is 380 g/mol. The average Bonchev–Trinajstić information content (AvgIpc) is 3.20. The fourth-order valence-corrected chi connectivity index (χ4v) is 4.86. The number of rotatable bonds is 7. The highest BCUT2D eigenvalue weighted by molar-refractivity contribution is 7.93. The van der Waals surface area contributed by atoms with Crippen LogP contribution in [0.3, 0.4) is 0 Å². The summed E-state index contributed by atoms with van der Waals surface area (Å²) < 4.78 is 27.2. The number of benzene rings is 2. The van der Waals surface area contributed by atoms with Crippen molar-refractivity contribution >= 4 is 32.3 Å². The Morgan fingerprint density at radius 3 is 2.30 bits per heavy atom. The summed E-state index contributed by atoms with van der Waals surface area (Å²) in [6.07, 6.45) is 1.52. The van der Waals surface area contributed by atoms with Crippen LogP contribution in [-0.4, -0.2) is 25.7 Å². The van der Waals surface area contributed by atoms with Crippen molar-refractivity contribution < 1.29 is 13.2 Å². The zero-order valence-corrected chi connectivity index (χ0v) is 16.7. The van der Waals surface area contributed by atoms with Crippen molar-refractivity contribution in [2.75, 3.05) is 10.8 Å². The largest absolute Gasteiger partial charge is 0.292 e. The van der Waals surface area contributed by atoms with Crippen molar-refractivity contribution in [3.8, 4) is 0 Å². The van der Waals surface area contributed by atoms with Gasteiger partial charge in [-0.2, -0.15) is 0 Å². The summed E-state index contributed by atoms with van der Waals surface area (Å²) in [5.74, 6) is 0.0828. The Bertz CT molecular complexity index is 997. The molecule has 0 aliphatic carbocycles. The Kier molecular flexibility index (Phi) is 5.72. The lowest BCUT2D eigenvalue weighted by Crippen LogP contribution is -2.35. The van der Waals surface area contributed by atoms with Gasteiger partial charge in [-0.1, -0.05) is 56.3 Å². The number of carbonyl (C=O) groups excluding carboxylic acids is 1. The smallest absolute Gasteiger partial charge is 0.266 e. The van der Waals surface area contributed by atoms with E-state index < -0.39 is 10.0 Å². The lowest BCUT2D eigenvalue weighted by Gasteiger charge is -2.21. The number of Topliss-reactive ketones (excluding diaryl/α,β-unsaturated/α-hetero) is 1. The van der Waals surface area contributed by atoms with Crippen LogP contribution < -0.4 is 4.31 Å². The minimum atomic E-state index is -3.89. The van der Waals surface area contributed by atoms with E-state index in [0.29, 0.717) is 11.5 Å². The Morgan fingerprint density at radius 1 is 1.07 bits per heavy atom. The summed E-state index contributed by atoms with van der Waals surface area (Å²) >= 11 is 1.18. The normalized spacial score (nSPS) is 11.5. The number of sulfonamides is 1. The quantitative estimate of drug-likeness (QED) is 0.553. The maximum Gasteiger partial charge on any atom is 0.266 e. The zero-order valence-electron chi connectivity index (χ0n) is 15.1. The number of carbonyl (C=O) groups is 1. The molecule has 0 aliphatic rings. The molecular formula is C20H20N2O3S2. The topological polar surface area (TPSA) is 67.3 Å². The van der Waals surface area contributed by atoms with Gasteiger partial charge in [0, 0.05) is 17.1 Å². The Balaban J connectivity index is 1.92. The number of ketones is 1. The van der Waals surface area contributed by atoms with Crippen LogP contribution in [0.1, 0.15) is 35.7 Å². The summed E-state index contributed by atoms with van der Waals surface area (Å²) in [5.41, 5.74) is 1.60. The third-order valence-electron chi connectivity index (χ3n) is 4.15. The number of hydrogen-bond donors (Lipinski definition) is 0. The minimum absolute atomic E-state index is 0.128. The molecule has 1 heterocycles. The molecule has 0 saturated heterocycles. The molecule has 1 aromatic heterocycles. The Morgan fingerprint density at radius 2 is 1.74 bits per heavy atom. The van der Waals surface area contributed by atoms with Gasteiger partial charge in [-0.15, -0.1) is 11.3 Å². The molecule has 0 saturated carbocycles. The second-order valence-corrected chi connectivity index (χ2v) is 9.07. The van der Waals surface area contributed by atoms with Crippen molar-refractivity contribution in [3.63, 3.8) is 0 Å². The highest BCUT2D eigenvalue weighted by atomic mass is 32.2. The predicted molar refractivity (Wildman–Crippen MR) is 108 cm³/mol. The third-order valence-corrected chi connectivity index (χ3v) is 6.81. The van der Waals surface area contributed by atoms with Crippen molar-refractivity contribution in [1.82, 2.24) is 4.98 Å². The van der Waals surface area contributed by atoms with E-state index in [1.165, 1.54) is 29.7 Å². The summed E-state index contributed by atoms with van der Waals surface area (Å²) in [7, 11) is -3.89. The molecule has 0 radical (unpaired) electrons. The second-order valence-electron chi connectivity index (χ2n) is 6.34. The highest BCUT2D eigenvalue weighted by Gasteiger charge is 2.29. The number of aromatic nitrogens is 1. The molecule has 27 heavy (non-hydrogen) atoms. The van der Waals surface area contributed by atoms with E-state index in [9.17, 15) is 13.2 Å². The van der Waals surface area contributed by atoms with Crippen molar-refractivity contribution in [2.45, 2.75) is 24.7 Å². The van der Waals surface area contributed by atoms with Gasteiger partial charge >= 0.3 is 0 Å². The van der Waals surface area contributed by atoms with Crippen LogP contribution in [0, 0.1) is 0 Å². The first-order valence-electron chi connectivity index (χ1n) is 8.50. The lowest BCUT2D eigenvalue weighted by molar-refractivity contribution is 0.100. The maximum absolute atomic E-state index is 13.1. The third kappa shape index (κ3) is 4.26. The molecule has 0 unspecified atom stereocenters. The lowest BCUT2D eigenvalue weighted by atomic mass is 10.0. The van der Waals surface area contributed by atoms with E-state index in [0.717, 1.165) is 9.87 Å². The van der Waals surface area contributed by atoms with Crippen LogP contribution in [0.5, 0.6) is 0 Å². The number of thiazole rings is 1. The van der Waals surface area contributed by atoms with Crippen molar-refractivity contribution in [2.24, 2.45) is 0 Å². The molecule has 0 spiro atoms. The van der Waals surface area contributed by atoms with Gasteiger partial charge in [0.2, 0.25) is 0 Å². The zero-order chi connectivity index (χ0) is 19.4. The van der Waals surface area contributed by atoms with E-state index in [4.69, 9.17) is 0 Å². The highest BCUT2D eigenvalue weighted by Crippen LogP contribution is 2.26. The maximum atomic E-state index is 13.1. The number of hydrogen-bond acceptors (Lipinski definition) is 5.